The van der Waals surface area contributed by atoms with E-state index in [1.807, 2.05) is 22.6 Å². The van der Waals surface area contributed by atoms with Crippen LogP contribution in [0.5, 0.6) is 5.75 Å². The highest BCUT2D eigenvalue weighted by molar-refractivity contribution is 14.1. The van der Waals surface area contributed by atoms with E-state index in [-0.39, 0.29) is 11.6 Å². The van der Waals surface area contributed by atoms with Gasteiger partial charge in [-0.25, -0.2) is 4.98 Å². The number of alkyl halides is 3. The Labute approximate surface area is 131 Å². The first-order chi connectivity index (χ1) is 9.86. The Bertz CT molecular complexity index is 657. The third-order valence-electron chi connectivity index (χ3n) is 2.46. The molecule has 0 radical (unpaired) electrons. The summed E-state index contributed by atoms with van der Waals surface area (Å²) < 4.78 is 37.7. The maximum atomic E-state index is 12.4. The molecule has 0 spiro atoms. The average Bonchev–Trinajstić information content (AvgIpc) is 2.42. The van der Waals surface area contributed by atoms with E-state index in [1.54, 1.807) is 12.1 Å². The number of benzene rings is 1. The van der Waals surface area contributed by atoms with E-state index in [2.05, 4.69) is 15.5 Å². The van der Waals surface area contributed by atoms with Crippen LogP contribution in [0.1, 0.15) is 11.1 Å². The molecule has 0 saturated heterocycles. The summed E-state index contributed by atoms with van der Waals surface area (Å²) in [6.45, 7) is 0. The molecule has 0 saturated carbocycles. The first-order valence-electron chi connectivity index (χ1n) is 5.67. The van der Waals surface area contributed by atoms with Crippen molar-refractivity contribution in [2.75, 3.05) is 5.43 Å². The number of rotatable bonds is 3. The normalized spacial score (nSPS) is 11.8. The van der Waals surface area contributed by atoms with Crippen molar-refractivity contribution in [1.29, 1.82) is 0 Å². The van der Waals surface area contributed by atoms with E-state index in [0.29, 0.717) is 3.57 Å². The van der Waals surface area contributed by atoms with Gasteiger partial charge in [0.2, 0.25) is 0 Å². The summed E-state index contributed by atoms with van der Waals surface area (Å²) in [7, 11) is 0. The standard InChI is InChI=1S/C13H9F3IN3O/c14-13(15,16)9-2-4-12(18-7-9)20-19-6-8-1-3-11(21)10(17)5-8/h1-7,21H,(H,18,20)/b19-6+. The molecule has 0 unspecified atom stereocenters. The molecule has 8 heteroatoms. The van der Waals surface area contributed by atoms with Crippen LogP contribution in [0.4, 0.5) is 19.0 Å². The second-order valence-electron chi connectivity index (χ2n) is 4.01. The van der Waals surface area contributed by atoms with Crippen LogP contribution in [0.3, 0.4) is 0 Å². The molecule has 1 aromatic carbocycles. The summed E-state index contributed by atoms with van der Waals surface area (Å²) in [6.07, 6.45) is -2.19. The van der Waals surface area contributed by atoms with Gasteiger partial charge in [0.1, 0.15) is 11.6 Å². The van der Waals surface area contributed by atoms with Crippen LogP contribution >= 0.6 is 22.6 Å². The number of pyridine rings is 1. The van der Waals surface area contributed by atoms with Crippen molar-refractivity contribution in [2.45, 2.75) is 6.18 Å². The smallest absolute Gasteiger partial charge is 0.417 e. The zero-order valence-corrected chi connectivity index (χ0v) is 12.6. The van der Waals surface area contributed by atoms with Gasteiger partial charge in [0.25, 0.3) is 0 Å². The molecular formula is C13H9F3IN3O. The second kappa shape index (κ2) is 6.29. The predicted octanol–water partition coefficient (Wildman–Crippen LogP) is 3.86. The molecule has 110 valence electrons. The molecule has 2 N–H and O–H groups in total. The van der Waals surface area contributed by atoms with Gasteiger partial charge in [0, 0.05) is 6.20 Å². The fourth-order valence-corrected chi connectivity index (χ4v) is 1.94. The quantitative estimate of drug-likeness (QED) is 0.462. The fraction of sp³-hybridized carbons (Fsp3) is 0.0769. The zero-order chi connectivity index (χ0) is 15.5. The molecule has 0 aliphatic rings. The van der Waals surface area contributed by atoms with Crippen LogP contribution in [0, 0.1) is 3.57 Å². The van der Waals surface area contributed by atoms with E-state index in [4.69, 9.17) is 0 Å². The maximum absolute atomic E-state index is 12.4. The molecule has 0 aliphatic carbocycles. The molecule has 0 fully saturated rings. The Hall–Kier alpha value is -1.84. The van der Waals surface area contributed by atoms with Crippen molar-refractivity contribution in [3.05, 3.63) is 51.2 Å². The highest BCUT2D eigenvalue weighted by Crippen LogP contribution is 2.28. The average molecular weight is 407 g/mol. The van der Waals surface area contributed by atoms with E-state index in [1.165, 1.54) is 18.3 Å². The van der Waals surface area contributed by atoms with Gasteiger partial charge in [-0.2, -0.15) is 18.3 Å². The van der Waals surface area contributed by atoms with Crippen molar-refractivity contribution >= 4 is 34.6 Å². The van der Waals surface area contributed by atoms with E-state index in [9.17, 15) is 18.3 Å². The van der Waals surface area contributed by atoms with Crippen molar-refractivity contribution in [3.63, 3.8) is 0 Å². The van der Waals surface area contributed by atoms with Gasteiger partial charge in [-0.05, 0) is 58.5 Å². The topological polar surface area (TPSA) is 57.5 Å². The first-order valence-corrected chi connectivity index (χ1v) is 6.75. The third kappa shape index (κ3) is 4.31. The van der Waals surface area contributed by atoms with Crippen molar-refractivity contribution in [1.82, 2.24) is 4.98 Å². The van der Waals surface area contributed by atoms with E-state index >= 15 is 0 Å². The minimum atomic E-state index is -4.41. The second-order valence-corrected chi connectivity index (χ2v) is 5.17. The molecule has 0 aliphatic heterocycles. The summed E-state index contributed by atoms with van der Waals surface area (Å²) in [6, 6.07) is 7.01. The molecule has 2 aromatic rings. The summed E-state index contributed by atoms with van der Waals surface area (Å²) in [5.74, 6) is 0.373. The van der Waals surface area contributed by atoms with Crippen molar-refractivity contribution in [2.24, 2.45) is 5.10 Å². The molecule has 1 aromatic heterocycles. The molecule has 4 nitrogen and oxygen atoms in total. The Morgan fingerprint density at radius 3 is 2.57 bits per heavy atom. The van der Waals surface area contributed by atoms with Gasteiger partial charge >= 0.3 is 6.18 Å². The van der Waals surface area contributed by atoms with E-state index in [0.717, 1.165) is 17.8 Å². The lowest BCUT2D eigenvalue weighted by Crippen LogP contribution is -2.05. The van der Waals surface area contributed by atoms with Crippen molar-refractivity contribution in [3.8, 4) is 5.75 Å². The van der Waals surface area contributed by atoms with E-state index < -0.39 is 11.7 Å². The minimum absolute atomic E-state index is 0.171. The maximum Gasteiger partial charge on any atom is 0.417 e. The Kier molecular flexibility index (Phi) is 4.66. The lowest BCUT2D eigenvalue weighted by atomic mass is 10.2. The summed E-state index contributed by atoms with van der Waals surface area (Å²) in [4.78, 5) is 3.62. The van der Waals surface area contributed by atoms with Crippen LogP contribution in [-0.4, -0.2) is 16.3 Å². The number of aromatic nitrogens is 1. The Balaban J connectivity index is 2.02. The zero-order valence-electron chi connectivity index (χ0n) is 10.4. The Morgan fingerprint density at radius 2 is 2.00 bits per heavy atom. The highest BCUT2D eigenvalue weighted by Gasteiger charge is 2.30. The summed E-state index contributed by atoms with van der Waals surface area (Å²) in [5, 5.41) is 13.2. The highest BCUT2D eigenvalue weighted by atomic mass is 127. The molecule has 0 bridgehead atoms. The van der Waals surface area contributed by atoms with Gasteiger partial charge in [-0.15, -0.1) is 0 Å². The number of halogens is 4. The number of phenols is 1. The fourth-order valence-electron chi connectivity index (χ4n) is 1.40. The number of aromatic hydroxyl groups is 1. The Morgan fingerprint density at radius 1 is 1.24 bits per heavy atom. The summed E-state index contributed by atoms with van der Waals surface area (Å²) in [5.41, 5.74) is 2.45. The van der Waals surface area contributed by atoms with Crippen LogP contribution < -0.4 is 5.43 Å². The third-order valence-corrected chi connectivity index (χ3v) is 3.32. The predicted molar refractivity (Wildman–Crippen MR) is 81.3 cm³/mol. The largest absolute Gasteiger partial charge is 0.507 e. The number of hydrogen-bond acceptors (Lipinski definition) is 4. The molecule has 1 heterocycles. The molecule has 2 rings (SSSR count). The van der Waals surface area contributed by atoms with Gasteiger partial charge in [-0.3, -0.25) is 5.43 Å². The molecule has 0 atom stereocenters. The number of phenolic OH excluding ortho intramolecular Hbond substituents is 1. The van der Waals surface area contributed by atoms with Gasteiger partial charge in [0.05, 0.1) is 15.3 Å². The lowest BCUT2D eigenvalue weighted by molar-refractivity contribution is -0.137. The monoisotopic (exact) mass is 407 g/mol. The number of hydrogen-bond donors (Lipinski definition) is 2. The number of nitrogens with one attached hydrogen (secondary N) is 1. The number of hydrazone groups is 1. The molecule has 21 heavy (non-hydrogen) atoms. The van der Waals surface area contributed by atoms with Crippen LogP contribution in [0.15, 0.2) is 41.6 Å². The SMILES string of the molecule is Oc1ccc(/C=N/Nc2ccc(C(F)(F)F)cn2)cc1I. The van der Waals surface area contributed by atoms with Crippen LogP contribution in [0.25, 0.3) is 0 Å². The minimum Gasteiger partial charge on any atom is -0.507 e. The lowest BCUT2D eigenvalue weighted by Gasteiger charge is -2.06. The van der Waals surface area contributed by atoms with Crippen LogP contribution in [0.2, 0.25) is 0 Å². The summed E-state index contributed by atoms with van der Waals surface area (Å²) >= 11 is 1.97. The number of nitrogens with zero attached hydrogens (tertiary/aromatic N) is 2. The molecular weight excluding hydrogens is 398 g/mol. The number of anilines is 1. The van der Waals surface area contributed by atoms with Crippen molar-refractivity contribution < 1.29 is 18.3 Å². The molecule has 0 amide bonds. The van der Waals surface area contributed by atoms with Gasteiger partial charge in [0.15, 0.2) is 0 Å². The first kappa shape index (κ1) is 15.5. The van der Waals surface area contributed by atoms with Crippen LogP contribution in [-0.2, 0) is 6.18 Å². The van der Waals surface area contributed by atoms with Gasteiger partial charge in [-0.1, -0.05) is 0 Å². The van der Waals surface area contributed by atoms with Gasteiger partial charge < -0.3 is 5.11 Å².